The summed E-state index contributed by atoms with van der Waals surface area (Å²) in [6.45, 7) is 6.63. The minimum absolute atomic E-state index is 0.0778. The molecule has 1 atom stereocenters. The van der Waals surface area contributed by atoms with E-state index in [1.54, 1.807) is 0 Å². The first-order valence-electron chi connectivity index (χ1n) is 33.6. The fraction of sp³-hybridized carbons (Fsp3) is 0.843. The van der Waals surface area contributed by atoms with Crippen LogP contribution in [0.1, 0.15) is 361 Å². The van der Waals surface area contributed by atoms with Crippen molar-refractivity contribution in [2.75, 3.05) is 13.2 Å². The molecular formula is C70H128O6. The lowest BCUT2D eigenvalue weighted by atomic mass is 10.0. The maximum absolute atomic E-state index is 12.9. The van der Waals surface area contributed by atoms with E-state index in [2.05, 4.69) is 69.4 Å². The summed E-state index contributed by atoms with van der Waals surface area (Å²) in [6.07, 6.45) is 81.4. The van der Waals surface area contributed by atoms with Crippen molar-refractivity contribution < 1.29 is 28.6 Å². The van der Waals surface area contributed by atoms with E-state index in [0.717, 1.165) is 83.5 Å². The summed E-state index contributed by atoms with van der Waals surface area (Å²) >= 11 is 0. The highest BCUT2D eigenvalue weighted by Crippen LogP contribution is 2.18. The zero-order chi connectivity index (χ0) is 55.0. The molecule has 0 rings (SSSR count). The molecule has 76 heavy (non-hydrogen) atoms. The van der Waals surface area contributed by atoms with Crippen LogP contribution in [0.3, 0.4) is 0 Å². The van der Waals surface area contributed by atoms with Gasteiger partial charge < -0.3 is 14.2 Å². The van der Waals surface area contributed by atoms with Crippen LogP contribution in [0.4, 0.5) is 0 Å². The third-order valence-corrected chi connectivity index (χ3v) is 15.1. The average Bonchev–Trinajstić information content (AvgIpc) is 3.42. The minimum Gasteiger partial charge on any atom is -0.462 e. The lowest BCUT2D eigenvalue weighted by Crippen LogP contribution is -2.30. The van der Waals surface area contributed by atoms with E-state index in [9.17, 15) is 14.4 Å². The van der Waals surface area contributed by atoms with Gasteiger partial charge in [-0.1, -0.05) is 313 Å². The summed E-state index contributed by atoms with van der Waals surface area (Å²) < 4.78 is 16.9. The molecular weight excluding hydrogens is 937 g/mol. The van der Waals surface area contributed by atoms with Crippen molar-refractivity contribution in [2.45, 2.75) is 367 Å². The molecule has 0 spiro atoms. The molecule has 0 aliphatic carbocycles. The van der Waals surface area contributed by atoms with Crippen LogP contribution in [0.5, 0.6) is 0 Å². The van der Waals surface area contributed by atoms with Crippen molar-refractivity contribution in [3.63, 3.8) is 0 Å². The molecule has 444 valence electrons. The molecule has 0 fully saturated rings. The second-order valence-electron chi connectivity index (χ2n) is 22.7. The third kappa shape index (κ3) is 62.2. The lowest BCUT2D eigenvalue weighted by Gasteiger charge is -2.18. The monoisotopic (exact) mass is 1060 g/mol. The van der Waals surface area contributed by atoms with Gasteiger partial charge in [0, 0.05) is 19.3 Å². The molecule has 0 N–H and O–H groups in total. The zero-order valence-corrected chi connectivity index (χ0v) is 51.0. The fourth-order valence-corrected chi connectivity index (χ4v) is 9.96. The van der Waals surface area contributed by atoms with Crippen molar-refractivity contribution in [1.82, 2.24) is 0 Å². The highest BCUT2D eigenvalue weighted by Gasteiger charge is 2.19. The molecule has 0 bridgehead atoms. The van der Waals surface area contributed by atoms with E-state index in [-0.39, 0.29) is 31.1 Å². The summed E-state index contributed by atoms with van der Waals surface area (Å²) in [6, 6.07) is 0. The highest BCUT2D eigenvalue weighted by atomic mass is 16.6. The van der Waals surface area contributed by atoms with Crippen molar-refractivity contribution in [2.24, 2.45) is 0 Å². The first-order chi connectivity index (χ1) is 37.5. The molecule has 0 radical (unpaired) electrons. The Morgan fingerprint density at radius 2 is 0.487 bits per heavy atom. The predicted octanol–water partition coefficient (Wildman–Crippen LogP) is 22.9. The number of esters is 3. The van der Waals surface area contributed by atoms with Crippen LogP contribution in [-0.4, -0.2) is 37.2 Å². The first kappa shape index (κ1) is 73.4. The van der Waals surface area contributed by atoms with Gasteiger partial charge in [0.2, 0.25) is 0 Å². The van der Waals surface area contributed by atoms with E-state index < -0.39 is 6.10 Å². The molecule has 0 aromatic rings. The van der Waals surface area contributed by atoms with E-state index in [1.165, 1.54) is 238 Å². The molecule has 0 aromatic carbocycles. The van der Waals surface area contributed by atoms with Crippen LogP contribution in [0.15, 0.2) is 48.6 Å². The van der Waals surface area contributed by atoms with E-state index in [4.69, 9.17) is 14.2 Å². The van der Waals surface area contributed by atoms with Crippen LogP contribution in [0.2, 0.25) is 0 Å². The predicted molar refractivity (Wildman–Crippen MR) is 330 cm³/mol. The maximum Gasteiger partial charge on any atom is 0.306 e. The summed E-state index contributed by atoms with van der Waals surface area (Å²) in [7, 11) is 0. The fourth-order valence-electron chi connectivity index (χ4n) is 9.96. The largest absolute Gasteiger partial charge is 0.462 e. The summed E-state index contributed by atoms with van der Waals surface area (Å²) in [5.74, 6) is -0.880. The normalized spacial score (nSPS) is 12.3. The van der Waals surface area contributed by atoms with Crippen molar-refractivity contribution >= 4 is 17.9 Å². The highest BCUT2D eigenvalue weighted by molar-refractivity contribution is 5.71. The number of unbranched alkanes of at least 4 members (excludes halogenated alkanes) is 43. The standard InChI is InChI=1S/C70H128O6/c1-4-7-10-13-16-19-22-24-26-28-30-32-33-34-35-36-38-39-41-43-45-48-51-54-57-60-63-69(72)75-66-67(65-74-68(71)62-59-56-53-50-47-21-18-15-12-9-6-3)76-70(73)64-61-58-55-52-49-46-44-42-40-37-31-29-27-25-23-20-17-14-11-8-5-2/h15,18,23,25,29,31,40,42,67H,4-14,16-17,19-22,24,26-28,30,32-39,41,43-66H2,1-3H3/b18-15-,25-23-,31-29-,42-40-. The van der Waals surface area contributed by atoms with Crippen LogP contribution < -0.4 is 0 Å². The van der Waals surface area contributed by atoms with Crippen molar-refractivity contribution in [1.29, 1.82) is 0 Å². The van der Waals surface area contributed by atoms with Crippen molar-refractivity contribution in [3.05, 3.63) is 48.6 Å². The van der Waals surface area contributed by atoms with Crippen molar-refractivity contribution in [3.8, 4) is 0 Å². The molecule has 0 heterocycles. The Kier molecular flexibility index (Phi) is 62.6. The molecule has 6 nitrogen and oxygen atoms in total. The molecule has 0 amide bonds. The molecule has 0 aliphatic rings. The number of hydrogen-bond acceptors (Lipinski definition) is 6. The second kappa shape index (κ2) is 64.9. The van der Waals surface area contributed by atoms with E-state index in [1.807, 2.05) is 0 Å². The van der Waals surface area contributed by atoms with Gasteiger partial charge in [-0.3, -0.25) is 14.4 Å². The Labute approximate surface area is 473 Å². The molecule has 1 unspecified atom stereocenters. The van der Waals surface area contributed by atoms with E-state index in [0.29, 0.717) is 19.3 Å². The topological polar surface area (TPSA) is 78.9 Å². The lowest BCUT2D eigenvalue weighted by molar-refractivity contribution is -0.167. The number of carbonyl (C=O) groups is 3. The molecule has 0 aromatic heterocycles. The Morgan fingerprint density at radius 3 is 0.789 bits per heavy atom. The van der Waals surface area contributed by atoms with Gasteiger partial charge in [-0.15, -0.1) is 0 Å². The summed E-state index contributed by atoms with van der Waals surface area (Å²) in [5.41, 5.74) is 0. The number of rotatable bonds is 62. The smallest absolute Gasteiger partial charge is 0.306 e. The van der Waals surface area contributed by atoms with Gasteiger partial charge in [0.1, 0.15) is 13.2 Å². The minimum atomic E-state index is -0.782. The quantitative estimate of drug-likeness (QED) is 0.0261. The number of allylic oxidation sites excluding steroid dienone is 8. The third-order valence-electron chi connectivity index (χ3n) is 15.1. The number of ether oxygens (including phenoxy) is 3. The number of carbonyl (C=O) groups excluding carboxylic acids is 3. The second-order valence-corrected chi connectivity index (χ2v) is 22.7. The van der Waals surface area contributed by atoms with E-state index >= 15 is 0 Å². The maximum atomic E-state index is 12.9. The van der Waals surface area contributed by atoms with Crippen LogP contribution in [0.25, 0.3) is 0 Å². The van der Waals surface area contributed by atoms with Gasteiger partial charge >= 0.3 is 17.9 Å². The average molecular weight is 1070 g/mol. The van der Waals surface area contributed by atoms with Crippen LogP contribution in [-0.2, 0) is 28.6 Å². The number of hydrogen-bond donors (Lipinski definition) is 0. The summed E-state index contributed by atoms with van der Waals surface area (Å²) in [4.78, 5) is 38.3. The molecule has 0 saturated heterocycles. The molecule has 6 heteroatoms. The van der Waals surface area contributed by atoms with Gasteiger partial charge in [0.15, 0.2) is 6.10 Å². The van der Waals surface area contributed by atoms with Gasteiger partial charge in [-0.2, -0.15) is 0 Å². The first-order valence-corrected chi connectivity index (χ1v) is 33.6. The Balaban J connectivity index is 4.22. The SMILES string of the molecule is CCCC/C=C\CCCCCCCC(=O)OCC(COC(=O)CCCCCCCCCCCCCCCCCCCCCCCCCCCC)OC(=O)CCCCCCCC/C=C\C/C=C\C/C=C\CCCCCCC. The van der Waals surface area contributed by atoms with Gasteiger partial charge in [0.25, 0.3) is 0 Å². The molecule has 0 aliphatic heterocycles. The zero-order valence-electron chi connectivity index (χ0n) is 51.0. The van der Waals surface area contributed by atoms with Gasteiger partial charge in [-0.05, 0) is 77.0 Å². The van der Waals surface area contributed by atoms with Crippen LogP contribution >= 0.6 is 0 Å². The van der Waals surface area contributed by atoms with Gasteiger partial charge in [0.05, 0.1) is 0 Å². The Hall–Kier alpha value is -2.63. The Bertz CT molecular complexity index is 1310. The Morgan fingerprint density at radius 1 is 0.263 bits per heavy atom. The molecule has 0 saturated carbocycles. The summed E-state index contributed by atoms with van der Waals surface area (Å²) in [5, 5.41) is 0. The van der Waals surface area contributed by atoms with Gasteiger partial charge in [-0.25, -0.2) is 0 Å². The van der Waals surface area contributed by atoms with Crippen LogP contribution in [0, 0.1) is 0 Å².